The van der Waals surface area contributed by atoms with Crippen molar-refractivity contribution in [1.29, 1.82) is 0 Å². The summed E-state index contributed by atoms with van der Waals surface area (Å²) in [5.74, 6) is -0.920. The molecule has 2 rings (SSSR count). The van der Waals surface area contributed by atoms with Gasteiger partial charge in [0.25, 0.3) is 0 Å². The van der Waals surface area contributed by atoms with E-state index >= 15 is 0 Å². The zero-order chi connectivity index (χ0) is 12.8. The Labute approximate surface area is 102 Å². The summed E-state index contributed by atoms with van der Waals surface area (Å²) < 4.78 is 0. The SMILES string of the molecule is CC1(C)C(C(=O)NC2CC2)CC[C@@]1(C)C(=O)O. The predicted molar refractivity (Wildman–Crippen MR) is 63.4 cm³/mol. The van der Waals surface area contributed by atoms with Crippen molar-refractivity contribution in [2.45, 2.75) is 52.5 Å². The van der Waals surface area contributed by atoms with Gasteiger partial charge in [-0.05, 0) is 38.0 Å². The minimum Gasteiger partial charge on any atom is -0.481 e. The van der Waals surface area contributed by atoms with Crippen molar-refractivity contribution in [1.82, 2.24) is 5.32 Å². The highest BCUT2D eigenvalue weighted by Gasteiger charge is 2.58. The molecule has 1 unspecified atom stereocenters. The highest BCUT2D eigenvalue weighted by atomic mass is 16.4. The summed E-state index contributed by atoms with van der Waals surface area (Å²) in [6.45, 7) is 5.58. The van der Waals surface area contributed by atoms with Crippen LogP contribution in [0.15, 0.2) is 0 Å². The number of hydrogen-bond donors (Lipinski definition) is 2. The first-order valence-electron chi connectivity index (χ1n) is 6.33. The lowest BCUT2D eigenvalue weighted by Crippen LogP contribution is -2.45. The van der Waals surface area contributed by atoms with Crippen molar-refractivity contribution in [3.8, 4) is 0 Å². The topological polar surface area (TPSA) is 66.4 Å². The molecule has 2 saturated carbocycles. The number of carbonyl (C=O) groups is 2. The van der Waals surface area contributed by atoms with Crippen LogP contribution < -0.4 is 5.32 Å². The Bertz CT molecular complexity index is 360. The number of carboxylic acids is 1. The fourth-order valence-corrected chi connectivity index (χ4v) is 2.87. The van der Waals surface area contributed by atoms with Crippen LogP contribution in [-0.4, -0.2) is 23.0 Å². The first-order valence-corrected chi connectivity index (χ1v) is 6.33. The van der Waals surface area contributed by atoms with E-state index in [1.807, 2.05) is 13.8 Å². The Balaban J connectivity index is 2.15. The van der Waals surface area contributed by atoms with Gasteiger partial charge in [0.05, 0.1) is 5.41 Å². The molecule has 0 aliphatic heterocycles. The van der Waals surface area contributed by atoms with Crippen LogP contribution in [0.5, 0.6) is 0 Å². The summed E-state index contributed by atoms with van der Waals surface area (Å²) in [5.41, 5.74) is -1.28. The van der Waals surface area contributed by atoms with Crippen molar-refractivity contribution in [3.05, 3.63) is 0 Å². The van der Waals surface area contributed by atoms with Crippen molar-refractivity contribution in [2.24, 2.45) is 16.7 Å². The van der Waals surface area contributed by atoms with Crippen LogP contribution >= 0.6 is 0 Å². The molecular formula is C13H21NO3. The molecule has 0 aromatic carbocycles. The first-order chi connectivity index (χ1) is 7.79. The lowest BCUT2D eigenvalue weighted by molar-refractivity contribution is -0.155. The number of carboxylic acid groups (broad SMARTS) is 1. The Kier molecular flexibility index (Phi) is 2.71. The van der Waals surface area contributed by atoms with Crippen LogP contribution in [0.2, 0.25) is 0 Å². The summed E-state index contributed by atoms with van der Waals surface area (Å²) in [6, 6.07) is 0.343. The van der Waals surface area contributed by atoms with Gasteiger partial charge in [-0.25, -0.2) is 0 Å². The molecule has 4 heteroatoms. The molecule has 2 fully saturated rings. The summed E-state index contributed by atoms with van der Waals surface area (Å²) in [5, 5.41) is 12.4. The molecule has 0 aromatic rings. The monoisotopic (exact) mass is 239 g/mol. The molecule has 0 aromatic heterocycles. The summed E-state index contributed by atoms with van der Waals surface area (Å²) in [7, 11) is 0. The maximum absolute atomic E-state index is 12.1. The second-order valence-electron chi connectivity index (χ2n) is 6.23. The van der Waals surface area contributed by atoms with Gasteiger partial charge in [0, 0.05) is 12.0 Å². The Morgan fingerprint density at radius 3 is 2.18 bits per heavy atom. The molecular weight excluding hydrogens is 218 g/mol. The summed E-state index contributed by atoms with van der Waals surface area (Å²) in [4.78, 5) is 23.5. The molecule has 2 N–H and O–H groups in total. The normalized spacial score (nSPS) is 35.6. The van der Waals surface area contributed by atoms with Crippen LogP contribution in [-0.2, 0) is 9.59 Å². The molecule has 96 valence electrons. The Morgan fingerprint density at radius 2 is 1.76 bits per heavy atom. The molecule has 2 aliphatic carbocycles. The molecule has 0 heterocycles. The first kappa shape index (κ1) is 12.4. The van der Waals surface area contributed by atoms with Gasteiger partial charge in [-0.2, -0.15) is 0 Å². The number of aliphatic carboxylic acids is 1. The lowest BCUT2D eigenvalue weighted by Gasteiger charge is -2.37. The number of amides is 1. The average Bonchev–Trinajstić information content (AvgIpc) is 2.96. The van der Waals surface area contributed by atoms with Crippen LogP contribution in [0.4, 0.5) is 0 Å². The Morgan fingerprint density at radius 1 is 1.18 bits per heavy atom. The number of rotatable bonds is 3. The van der Waals surface area contributed by atoms with Crippen LogP contribution in [0.1, 0.15) is 46.5 Å². The quantitative estimate of drug-likeness (QED) is 0.789. The molecule has 1 amide bonds. The molecule has 4 nitrogen and oxygen atoms in total. The maximum Gasteiger partial charge on any atom is 0.309 e. The molecule has 2 atom stereocenters. The summed E-state index contributed by atoms with van der Waals surface area (Å²) >= 11 is 0. The van der Waals surface area contributed by atoms with E-state index in [4.69, 9.17) is 0 Å². The van der Waals surface area contributed by atoms with Gasteiger partial charge < -0.3 is 10.4 Å². The van der Waals surface area contributed by atoms with E-state index in [-0.39, 0.29) is 11.8 Å². The highest BCUT2D eigenvalue weighted by Crippen LogP contribution is 2.56. The third-order valence-corrected chi connectivity index (χ3v) is 4.94. The largest absolute Gasteiger partial charge is 0.481 e. The average molecular weight is 239 g/mol. The third-order valence-electron chi connectivity index (χ3n) is 4.94. The van der Waals surface area contributed by atoms with Crippen LogP contribution in [0, 0.1) is 16.7 Å². The van der Waals surface area contributed by atoms with E-state index in [1.165, 1.54) is 0 Å². The van der Waals surface area contributed by atoms with E-state index in [0.29, 0.717) is 18.9 Å². The number of nitrogens with one attached hydrogen (secondary N) is 1. The zero-order valence-corrected chi connectivity index (χ0v) is 10.7. The lowest BCUT2D eigenvalue weighted by atomic mass is 9.65. The fourth-order valence-electron chi connectivity index (χ4n) is 2.87. The van der Waals surface area contributed by atoms with Gasteiger partial charge in [-0.1, -0.05) is 13.8 Å². The molecule has 17 heavy (non-hydrogen) atoms. The second kappa shape index (κ2) is 3.72. The Hall–Kier alpha value is -1.06. The second-order valence-corrected chi connectivity index (χ2v) is 6.23. The van der Waals surface area contributed by atoms with Crippen molar-refractivity contribution < 1.29 is 14.7 Å². The molecule has 0 saturated heterocycles. The molecule has 0 radical (unpaired) electrons. The maximum atomic E-state index is 12.1. The minimum atomic E-state index is -0.793. The number of hydrogen-bond acceptors (Lipinski definition) is 2. The van der Waals surface area contributed by atoms with Crippen molar-refractivity contribution >= 4 is 11.9 Å². The van der Waals surface area contributed by atoms with Gasteiger partial charge in [-0.15, -0.1) is 0 Å². The third kappa shape index (κ3) is 1.83. The molecule has 2 aliphatic rings. The van der Waals surface area contributed by atoms with Gasteiger partial charge >= 0.3 is 5.97 Å². The molecule has 0 spiro atoms. The minimum absolute atomic E-state index is 0.0440. The van der Waals surface area contributed by atoms with E-state index in [2.05, 4.69) is 5.32 Å². The van der Waals surface area contributed by atoms with Gasteiger partial charge in [0.2, 0.25) is 5.91 Å². The van der Waals surface area contributed by atoms with E-state index in [1.54, 1.807) is 6.92 Å². The van der Waals surface area contributed by atoms with Gasteiger partial charge in [-0.3, -0.25) is 9.59 Å². The standard InChI is InChI=1S/C13H21NO3/c1-12(2)9(10(15)14-8-4-5-8)6-7-13(12,3)11(16)17/h8-9H,4-7H2,1-3H3,(H,14,15)(H,16,17)/t9?,13-/m0/s1. The summed E-state index contributed by atoms with van der Waals surface area (Å²) in [6.07, 6.45) is 3.39. The van der Waals surface area contributed by atoms with E-state index in [9.17, 15) is 14.7 Å². The fraction of sp³-hybridized carbons (Fsp3) is 0.846. The zero-order valence-electron chi connectivity index (χ0n) is 10.7. The van der Waals surface area contributed by atoms with Crippen LogP contribution in [0.3, 0.4) is 0 Å². The van der Waals surface area contributed by atoms with Gasteiger partial charge in [0.1, 0.15) is 0 Å². The van der Waals surface area contributed by atoms with Crippen molar-refractivity contribution in [2.75, 3.05) is 0 Å². The number of carbonyl (C=O) groups excluding carboxylic acids is 1. The smallest absolute Gasteiger partial charge is 0.309 e. The van der Waals surface area contributed by atoms with E-state index < -0.39 is 16.8 Å². The van der Waals surface area contributed by atoms with Crippen molar-refractivity contribution in [3.63, 3.8) is 0 Å². The predicted octanol–water partition coefficient (Wildman–Crippen LogP) is 1.79. The van der Waals surface area contributed by atoms with E-state index in [0.717, 1.165) is 12.8 Å². The van der Waals surface area contributed by atoms with Gasteiger partial charge in [0.15, 0.2) is 0 Å². The van der Waals surface area contributed by atoms with Crippen LogP contribution in [0.25, 0.3) is 0 Å². The highest BCUT2D eigenvalue weighted by molar-refractivity contribution is 5.84. The molecule has 0 bridgehead atoms.